The molecule has 0 bridgehead atoms. The van der Waals surface area contributed by atoms with Gasteiger partial charge in [0.05, 0.1) is 5.69 Å². The van der Waals surface area contributed by atoms with Gasteiger partial charge >= 0.3 is 0 Å². The first-order chi connectivity index (χ1) is 12.6. The number of amides is 2. The first-order valence-corrected chi connectivity index (χ1v) is 8.86. The summed E-state index contributed by atoms with van der Waals surface area (Å²) >= 11 is 1.38. The first-order valence-electron chi connectivity index (χ1n) is 7.98. The molecule has 26 heavy (non-hydrogen) atoms. The smallest absolute Gasteiger partial charge is 0.250 e. The molecule has 0 saturated carbocycles. The largest absolute Gasteiger partial charge is 0.326 e. The van der Waals surface area contributed by atoms with Gasteiger partial charge in [-0.2, -0.15) is 0 Å². The van der Waals surface area contributed by atoms with Crippen molar-refractivity contribution in [3.63, 3.8) is 0 Å². The molecule has 1 aromatic heterocycles. The van der Waals surface area contributed by atoms with Crippen LogP contribution in [0.5, 0.6) is 0 Å². The predicted molar refractivity (Wildman–Crippen MR) is 106 cm³/mol. The van der Waals surface area contributed by atoms with Gasteiger partial charge < -0.3 is 5.32 Å². The van der Waals surface area contributed by atoms with E-state index in [9.17, 15) is 9.59 Å². The molecule has 6 heteroatoms. The summed E-state index contributed by atoms with van der Waals surface area (Å²) in [4.78, 5) is 27.5. The molecular weight excluding hydrogens is 346 g/mol. The number of benzene rings is 2. The van der Waals surface area contributed by atoms with Crippen molar-refractivity contribution in [3.8, 4) is 11.3 Å². The maximum Gasteiger partial charge on any atom is 0.250 e. The third kappa shape index (κ3) is 4.87. The summed E-state index contributed by atoms with van der Waals surface area (Å²) in [6.07, 6.45) is 3.16. The first kappa shape index (κ1) is 17.6. The van der Waals surface area contributed by atoms with Crippen LogP contribution in [0.15, 0.2) is 66.1 Å². The summed E-state index contributed by atoms with van der Waals surface area (Å²) in [5, 5.41) is 7.93. The molecule has 0 radical (unpaired) electrons. The molecule has 0 aliphatic heterocycles. The van der Waals surface area contributed by atoms with Gasteiger partial charge in [-0.1, -0.05) is 42.5 Å². The lowest BCUT2D eigenvalue weighted by molar-refractivity contribution is -0.114. The van der Waals surface area contributed by atoms with Gasteiger partial charge in [0.25, 0.3) is 0 Å². The zero-order valence-electron chi connectivity index (χ0n) is 14.1. The fourth-order valence-corrected chi connectivity index (χ4v) is 3.00. The zero-order chi connectivity index (χ0) is 18.4. The number of rotatable bonds is 5. The summed E-state index contributed by atoms with van der Waals surface area (Å²) in [7, 11) is 0. The maximum absolute atomic E-state index is 12.1. The van der Waals surface area contributed by atoms with E-state index >= 15 is 0 Å². The topological polar surface area (TPSA) is 71.1 Å². The summed E-state index contributed by atoms with van der Waals surface area (Å²) < 4.78 is 0. The van der Waals surface area contributed by atoms with E-state index in [0.29, 0.717) is 5.13 Å². The minimum atomic E-state index is -0.245. The number of aromatic nitrogens is 1. The second-order valence-electron chi connectivity index (χ2n) is 5.53. The molecule has 2 aromatic carbocycles. The average Bonchev–Trinajstić information content (AvgIpc) is 3.10. The van der Waals surface area contributed by atoms with Crippen molar-refractivity contribution in [2.45, 2.75) is 6.92 Å². The molecule has 0 spiro atoms. The van der Waals surface area contributed by atoms with E-state index in [1.54, 1.807) is 18.2 Å². The molecule has 0 saturated heterocycles. The normalized spacial score (nSPS) is 10.7. The van der Waals surface area contributed by atoms with Gasteiger partial charge in [-0.3, -0.25) is 14.9 Å². The number of nitrogens with zero attached hydrogens (tertiary/aromatic N) is 1. The lowest BCUT2D eigenvalue weighted by atomic mass is 10.2. The van der Waals surface area contributed by atoms with Crippen LogP contribution in [0.3, 0.4) is 0 Å². The minimum absolute atomic E-state index is 0.119. The molecule has 0 fully saturated rings. The summed E-state index contributed by atoms with van der Waals surface area (Å²) in [5.41, 5.74) is 3.43. The Morgan fingerprint density at radius 2 is 1.73 bits per heavy atom. The SMILES string of the molecule is CC(=O)Nc1ccc(/C=C/C(=O)Nc2nc(-c3ccccc3)cs2)cc1. The van der Waals surface area contributed by atoms with Crippen LogP contribution in [-0.4, -0.2) is 16.8 Å². The van der Waals surface area contributed by atoms with E-state index in [0.717, 1.165) is 22.5 Å². The van der Waals surface area contributed by atoms with Crippen LogP contribution in [0, 0.1) is 0 Å². The molecular formula is C20H17N3O2S. The Morgan fingerprint density at radius 1 is 1.00 bits per heavy atom. The van der Waals surface area contributed by atoms with E-state index < -0.39 is 0 Å². The predicted octanol–water partition coefficient (Wildman–Crippen LogP) is 4.42. The maximum atomic E-state index is 12.1. The Morgan fingerprint density at radius 3 is 2.42 bits per heavy atom. The van der Waals surface area contributed by atoms with Crippen molar-refractivity contribution < 1.29 is 9.59 Å². The van der Waals surface area contributed by atoms with Crippen molar-refractivity contribution in [1.82, 2.24) is 4.98 Å². The van der Waals surface area contributed by atoms with Crippen LogP contribution in [0.2, 0.25) is 0 Å². The van der Waals surface area contributed by atoms with Gasteiger partial charge in [-0.15, -0.1) is 11.3 Å². The van der Waals surface area contributed by atoms with Gasteiger partial charge in [-0.05, 0) is 23.8 Å². The number of carbonyl (C=O) groups is 2. The molecule has 2 N–H and O–H groups in total. The van der Waals surface area contributed by atoms with E-state index in [1.807, 2.05) is 47.8 Å². The van der Waals surface area contributed by atoms with Gasteiger partial charge in [-0.25, -0.2) is 4.98 Å². The third-order valence-corrected chi connectivity index (χ3v) is 4.22. The number of anilines is 2. The van der Waals surface area contributed by atoms with Crippen LogP contribution in [0.1, 0.15) is 12.5 Å². The molecule has 0 unspecified atom stereocenters. The second kappa shape index (κ2) is 8.22. The third-order valence-electron chi connectivity index (χ3n) is 3.46. The summed E-state index contributed by atoms with van der Waals surface area (Å²) in [6, 6.07) is 17.0. The average molecular weight is 363 g/mol. The molecule has 0 aliphatic carbocycles. The number of hydrogen-bond acceptors (Lipinski definition) is 4. The fraction of sp³-hybridized carbons (Fsp3) is 0.0500. The van der Waals surface area contributed by atoms with Crippen LogP contribution < -0.4 is 10.6 Å². The fourth-order valence-electron chi connectivity index (χ4n) is 2.27. The van der Waals surface area contributed by atoms with Crippen molar-refractivity contribution >= 4 is 40.0 Å². The molecule has 0 atom stereocenters. The lowest BCUT2D eigenvalue weighted by Gasteiger charge is -2.01. The van der Waals surface area contributed by atoms with Gasteiger partial charge in [0.2, 0.25) is 11.8 Å². The van der Waals surface area contributed by atoms with E-state index in [1.165, 1.54) is 24.3 Å². The number of nitrogens with one attached hydrogen (secondary N) is 2. The number of hydrogen-bond donors (Lipinski definition) is 2. The molecule has 1 heterocycles. The molecule has 0 aliphatic rings. The molecule has 5 nitrogen and oxygen atoms in total. The monoisotopic (exact) mass is 363 g/mol. The quantitative estimate of drug-likeness (QED) is 0.659. The summed E-state index contributed by atoms with van der Waals surface area (Å²) in [5.74, 6) is -0.365. The van der Waals surface area contributed by atoms with Crippen LogP contribution >= 0.6 is 11.3 Å². The van der Waals surface area contributed by atoms with Crippen molar-refractivity contribution in [2.75, 3.05) is 10.6 Å². The zero-order valence-corrected chi connectivity index (χ0v) is 14.9. The lowest BCUT2D eigenvalue weighted by Crippen LogP contribution is -2.07. The van der Waals surface area contributed by atoms with E-state index in [2.05, 4.69) is 15.6 Å². The van der Waals surface area contributed by atoms with Crippen molar-refractivity contribution in [2.24, 2.45) is 0 Å². The molecule has 3 rings (SSSR count). The molecule has 2 amide bonds. The highest BCUT2D eigenvalue weighted by Gasteiger charge is 2.06. The van der Waals surface area contributed by atoms with Gasteiger partial charge in [0, 0.05) is 29.6 Å². The number of carbonyl (C=O) groups excluding carboxylic acids is 2. The van der Waals surface area contributed by atoms with Gasteiger partial charge in [0.15, 0.2) is 5.13 Å². The second-order valence-corrected chi connectivity index (χ2v) is 6.39. The molecule has 130 valence electrons. The van der Waals surface area contributed by atoms with Crippen LogP contribution in [-0.2, 0) is 9.59 Å². The van der Waals surface area contributed by atoms with E-state index in [-0.39, 0.29) is 11.8 Å². The Hall–Kier alpha value is -3.25. The highest BCUT2D eigenvalue weighted by Crippen LogP contribution is 2.24. The van der Waals surface area contributed by atoms with Crippen LogP contribution in [0.4, 0.5) is 10.8 Å². The Labute approximate surface area is 155 Å². The Kier molecular flexibility index (Phi) is 5.56. The number of thiazole rings is 1. The standard InChI is InChI=1S/C20H17N3O2S/c1-14(24)21-17-10-7-15(8-11-17)9-12-19(25)23-20-22-18(13-26-20)16-5-3-2-4-6-16/h2-13H,1H3,(H,21,24)(H,22,23,25)/b12-9+. The Balaban J connectivity index is 1.59. The minimum Gasteiger partial charge on any atom is -0.326 e. The van der Waals surface area contributed by atoms with Crippen molar-refractivity contribution in [3.05, 3.63) is 71.6 Å². The van der Waals surface area contributed by atoms with Gasteiger partial charge in [0.1, 0.15) is 0 Å². The Bertz CT molecular complexity index is 931. The highest BCUT2D eigenvalue weighted by molar-refractivity contribution is 7.14. The summed E-state index contributed by atoms with van der Waals surface area (Å²) in [6.45, 7) is 1.46. The van der Waals surface area contributed by atoms with Crippen molar-refractivity contribution in [1.29, 1.82) is 0 Å². The van der Waals surface area contributed by atoms with Crippen LogP contribution in [0.25, 0.3) is 17.3 Å². The van der Waals surface area contributed by atoms with E-state index in [4.69, 9.17) is 0 Å². The highest BCUT2D eigenvalue weighted by atomic mass is 32.1. The molecule has 3 aromatic rings.